The van der Waals surface area contributed by atoms with Gasteiger partial charge in [0.2, 0.25) is 0 Å². The molecule has 0 saturated heterocycles. The maximum Gasteiger partial charge on any atom is 0.256 e. The van der Waals surface area contributed by atoms with Crippen molar-refractivity contribution in [3.05, 3.63) is 46.8 Å². The Bertz CT molecular complexity index is 684. The lowest BCUT2D eigenvalue weighted by atomic mass is 9.88. The van der Waals surface area contributed by atoms with Crippen LogP contribution in [0.3, 0.4) is 0 Å². The van der Waals surface area contributed by atoms with Crippen LogP contribution in [0, 0.1) is 6.92 Å². The Balaban J connectivity index is 2.05. The van der Waals surface area contributed by atoms with Crippen LogP contribution in [0.4, 0.5) is 0 Å². The van der Waals surface area contributed by atoms with Crippen LogP contribution in [-0.4, -0.2) is 24.7 Å². The third kappa shape index (κ3) is 3.92. The van der Waals surface area contributed by atoms with Gasteiger partial charge in [0.25, 0.3) is 5.91 Å². The van der Waals surface area contributed by atoms with Crippen molar-refractivity contribution in [1.29, 1.82) is 0 Å². The molecule has 0 aliphatic carbocycles. The number of carbonyl (C=O) groups is 1. The van der Waals surface area contributed by atoms with Gasteiger partial charge >= 0.3 is 0 Å². The van der Waals surface area contributed by atoms with Crippen molar-refractivity contribution in [2.75, 3.05) is 13.7 Å². The van der Waals surface area contributed by atoms with E-state index in [-0.39, 0.29) is 11.3 Å². The molecule has 0 fully saturated rings. The zero-order valence-electron chi connectivity index (χ0n) is 14.4. The molecule has 1 aromatic heterocycles. The SMILES string of the molecule is COc1ccccc1CCNC(=O)c1c(C(C)(C)C)noc1C. The number of ether oxygens (including phenoxy) is 1. The van der Waals surface area contributed by atoms with E-state index in [0.29, 0.717) is 30.0 Å². The van der Waals surface area contributed by atoms with E-state index in [0.717, 1.165) is 11.3 Å². The van der Waals surface area contributed by atoms with E-state index in [9.17, 15) is 4.79 Å². The summed E-state index contributed by atoms with van der Waals surface area (Å²) in [5.41, 5.74) is 2.04. The Morgan fingerprint density at radius 3 is 2.65 bits per heavy atom. The number of benzene rings is 1. The van der Waals surface area contributed by atoms with Crippen molar-refractivity contribution in [2.24, 2.45) is 0 Å². The minimum atomic E-state index is -0.243. The van der Waals surface area contributed by atoms with Crippen molar-refractivity contribution < 1.29 is 14.1 Å². The van der Waals surface area contributed by atoms with Crippen LogP contribution in [0.25, 0.3) is 0 Å². The average molecular weight is 316 g/mol. The molecule has 1 heterocycles. The van der Waals surface area contributed by atoms with Gasteiger partial charge in [0.15, 0.2) is 0 Å². The minimum Gasteiger partial charge on any atom is -0.496 e. The number of nitrogens with zero attached hydrogens (tertiary/aromatic N) is 1. The quantitative estimate of drug-likeness (QED) is 0.919. The normalized spacial score (nSPS) is 11.3. The summed E-state index contributed by atoms with van der Waals surface area (Å²) < 4.78 is 10.5. The van der Waals surface area contributed by atoms with Crippen LogP contribution in [-0.2, 0) is 11.8 Å². The summed E-state index contributed by atoms with van der Waals surface area (Å²) in [7, 11) is 1.65. The van der Waals surface area contributed by atoms with Crippen LogP contribution in [0.5, 0.6) is 5.75 Å². The number of nitrogens with one attached hydrogen (secondary N) is 1. The first-order valence-corrected chi connectivity index (χ1v) is 7.71. The van der Waals surface area contributed by atoms with Crippen molar-refractivity contribution in [3.8, 4) is 5.75 Å². The van der Waals surface area contributed by atoms with Gasteiger partial charge in [0.05, 0.1) is 7.11 Å². The third-order valence-corrected chi connectivity index (χ3v) is 3.67. The lowest BCUT2D eigenvalue weighted by molar-refractivity contribution is 0.0950. The van der Waals surface area contributed by atoms with Gasteiger partial charge in [-0.25, -0.2) is 0 Å². The van der Waals surface area contributed by atoms with E-state index in [1.54, 1.807) is 14.0 Å². The van der Waals surface area contributed by atoms with Crippen LogP contribution in [0.1, 0.15) is 48.1 Å². The Morgan fingerprint density at radius 2 is 2.00 bits per heavy atom. The molecule has 0 atom stereocenters. The number of amides is 1. The molecular formula is C18H24N2O3. The molecule has 0 aliphatic rings. The summed E-state index contributed by atoms with van der Waals surface area (Å²) in [4.78, 5) is 12.5. The van der Waals surface area contributed by atoms with Crippen LogP contribution >= 0.6 is 0 Å². The van der Waals surface area contributed by atoms with Crippen molar-refractivity contribution >= 4 is 5.91 Å². The zero-order chi connectivity index (χ0) is 17.0. The highest BCUT2D eigenvalue weighted by atomic mass is 16.5. The van der Waals surface area contributed by atoms with Gasteiger partial charge in [-0.3, -0.25) is 4.79 Å². The number of aromatic nitrogens is 1. The van der Waals surface area contributed by atoms with Gasteiger partial charge in [0, 0.05) is 12.0 Å². The maximum atomic E-state index is 12.5. The van der Waals surface area contributed by atoms with Gasteiger partial charge in [-0.15, -0.1) is 0 Å². The molecule has 0 aliphatic heterocycles. The Labute approximate surface area is 137 Å². The van der Waals surface area contributed by atoms with Gasteiger partial charge in [-0.1, -0.05) is 44.1 Å². The largest absolute Gasteiger partial charge is 0.496 e. The topological polar surface area (TPSA) is 64.4 Å². The molecule has 2 aromatic rings. The maximum absolute atomic E-state index is 12.5. The summed E-state index contributed by atoms with van der Waals surface area (Å²) >= 11 is 0. The highest BCUT2D eigenvalue weighted by Crippen LogP contribution is 2.26. The van der Waals surface area contributed by atoms with E-state index in [2.05, 4.69) is 10.5 Å². The summed E-state index contributed by atoms with van der Waals surface area (Å²) in [6, 6.07) is 7.80. The molecule has 0 saturated carbocycles. The van der Waals surface area contributed by atoms with Crippen molar-refractivity contribution in [1.82, 2.24) is 10.5 Å². The summed E-state index contributed by atoms with van der Waals surface area (Å²) in [6.45, 7) is 8.31. The monoisotopic (exact) mass is 316 g/mol. The smallest absolute Gasteiger partial charge is 0.256 e. The molecule has 124 valence electrons. The lowest BCUT2D eigenvalue weighted by Crippen LogP contribution is -2.29. The molecule has 5 nitrogen and oxygen atoms in total. The van der Waals surface area contributed by atoms with E-state index in [1.165, 1.54) is 0 Å². The average Bonchev–Trinajstić information content (AvgIpc) is 2.89. The second-order valence-electron chi connectivity index (χ2n) is 6.53. The summed E-state index contributed by atoms with van der Waals surface area (Å²) in [6.07, 6.45) is 0.699. The molecule has 2 rings (SSSR count). The van der Waals surface area contributed by atoms with Gasteiger partial charge < -0.3 is 14.6 Å². The highest BCUT2D eigenvalue weighted by molar-refractivity contribution is 5.96. The number of hydrogen-bond acceptors (Lipinski definition) is 4. The first-order chi connectivity index (χ1) is 10.8. The van der Waals surface area contributed by atoms with E-state index < -0.39 is 0 Å². The van der Waals surface area contributed by atoms with Crippen molar-refractivity contribution in [3.63, 3.8) is 0 Å². The summed E-state index contributed by atoms with van der Waals surface area (Å²) in [5, 5.41) is 6.99. The Hall–Kier alpha value is -2.30. The second-order valence-corrected chi connectivity index (χ2v) is 6.53. The number of para-hydroxylation sites is 1. The number of aryl methyl sites for hydroxylation is 1. The molecule has 0 spiro atoms. The zero-order valence-corrected chi connectivity index (χ0v) is 14.4. The highest BCUT2D eigenvalue weighted by Gasteiger charge is 2.28. The molecule has 1 aromatic carbocycles. The minimum absolute atomic E-state index is 0.149. The fourth-order valence-corrected chi connectivity index (χ4v) is 2.46. The molecule has 1 N–H and O–H groups in total. The Morgan fingerprint density at radius 1 is 1.30 bits per heavy atom. The fraction of sp³-hybridized carbons (Fsp3) is 0.444. The predicted molar refractivity (Wildman–Crippen MR) is 89.0 cm³/mol. The van der Waals surface area contributed by atoms with Crippen molar-refractivity contribution in [2.45, 2.75) is 39.5 Å². The van der Waals surface area contributed by atoms with Crippen LogP contribution < -0.4 is 10.1 Å². The number of hydrogen-bond donors (Lipinski definition) is 1. The second kappa shape index (κ2) is 6.86. The number of carbonyl (C=O) groups excluding carboxylic acids is 1. The number of methoxy groups -OCH3 is 1. The first kappa shape index (κ1) is 17.1. The predicted octanol–water partition coefficient (Wildman–Crippen LogP) is 3.26. The molecule has 0 bridgehead atoms. The van der Waals surface area contributed by atoms with Gasteiger partial charge in [-0.2, -0.15) is 0 Å². The van der Waals surface area contributed by atoms with Crippen LogP contribution in [0.2, 0.25) is 0 Å². The van der Waals surface area contributed by atoms with Gasteiger partial charge in [-0.05, 0) is 25.0 Å². The Kier molecular flexibility index (Phi) is 5.08. The first-order valence-electron chi connectivity index (χ1n) is 7.71. The molecule has 23 heavy (non-hydrogen) atoms. The van der Waals surface area contributed by atoms with E-state index in [4.69, 9.17) is 9.26 Å². The summed E-state index contributed by atoms with van der Waals surface area (Å²) in [5.74, 6) is 1.23. The molecule has 5 heteroatoms. The van der Waals surface area contributed by atoms with E-state index >= 15 is 0 Å². The molecule has 1 amide bonds. The standard InChI is InChI=1S/C18H24N2O3/c1-12-15(16(20-23-12)18(2,3)4)17(21)19-11-10-13-8-6-7-9-14(13)22-5/h6-9H,10-11H2,1-5H3,(H,19,21). The fourth-order valence-electron chi connectivity index (χ4n) is 2.46. The lowest BCUT2D eigenvalue weighted by Gasteiger charge is -2.16. The number of rotatable bonds is 5. The van der Waals surface area contributed by atoms with Gasteiger partial charge in [0.1, 0.15) is 22.8 Å². The van der Waals surface area contributed by atoms with E-state index in [1.807, 2.05) is 45.0 Å². The molecular weight excluding hydrogens is 292 g/mol. The third-order valence-electron chi connectivity index (χ3n) is 3.67. The molecule has 0 unspecified atom stereocenters. The van der Waals surface area contributed by atoms with Crippen LogP contribution in [0.15, 0.2) is 28.8 Å². The molecule has 0 radical (unpaired) electrons.